The number of nitrogens with one attached hydrogen (secondary N) is 1. The minimum atomic E-state index is -3.60. The van der Waals surface area contributed by atoms with Gasteiger partial charge in [-0.3, -0.25) is 8.98 Å². The number of anilines is 1. The topological polar surface area (TPSA) is 118 Å². The number of ketones is 1. The van der Waals surface area contributed by atoms with Crippen molar-refractivity contribution in [1.29, 1.82) is 0 Å². The van der Waals surface area contributed by atoms with Crippen LogP contribution < -0.4 is 5.32 Å². The highest BCUT2D eigenvalue weighted by molar-refractivity contribution is 7.85. The molecule has 1 aromatic carbocycles. The van der Waals surface area contributed by atoms with Crippen molar-refractivity contribution in [2.45, 2.75) is 31.4 Å². The van der Waals surface area contributed by atoms with E-state index in [0.717, 1.165) is 17.4 Å². The average Bonchev–Trinajstić information content (AvgIpc) is 3.40. The number of aliphatic hydroxyl groups is 1. The minimum absolute atomic E-state index is 0.0494. The quantitative estimate of drug-likeness (QED) is 0.312. The fourth-order valence-corrected chi connectivity index (χ4v) is 5.51. The van der Waals surface area contributed by atoms with Gasteiger partial charge in [-0.25, -0.2) is 14.4 Å². The van der Waals surface area contributed by atoms with Gasteiger partial charge < -0.3 is 10.4 Å². The minimum Gasteiger partial charge on any atom is -0.393 e. The van der Waals surface area contributed by atoms with Gasteiger partial charge in [-0.05, 0) is 54.0 Å². The molecule has 0 aliphatic heterocycles. The highest BCUT2D eigenvalue weighted by atomic mass is 35.5. The Morgan fingerprint density at radius 1 is 1.31 bits per heavy atom. The summed E-state index contributed by atoms with van der Waals surface area (Å²) in [5, 5.41) is 15.4. The third-order valence-electron chi connectivity index (χ3n) is 5.72. The number of aliphatic hydroxyl groups excluding tert-OH is 1. The van der Waals surface area contributed by atoms with Gasteiger partial charge in [-0.2, -0.15) is 8.42 Å². The zero-order valence-corrected chi connectivity index (χ0v) is 21.0. The molecule has 0 radical (unpaired) electrons. The molecule has 12 heteroatoms. The third-order valence-corrected chi connectivity index (χ3v) is 7.55. The van der Waals surface area contributed by atoms with E-state index in [4.69, 9.17) is 15.8 Å². The monoisotopic (exact) mass is 539 g/mol. The van der Waals surface area contributed by atoms with Crippen molar-refractivity contribution >= 4 is 44.7 Å². The maximum absolute atomic E-state index is 13.4. The van der Waals surface area contributed by atoms with Crippen LogP contribution in [0.3, 0.4) is 0 Å². The van der Waals surface area contributed by atoms with E-state index in [1.54, 1.807) is 18.2 Å². The molecule has 0 bridgehead atoms. The summed E-state index contributed by atoms with van der Waals surface area (Å²) in [6.45, 7) is -0.106. The fourth-order valence-electron chi connectivity index (χ4n) is 4.02. The first-order chi connectivity index (χ1) is 16.6. The molecule has 1 aliphatic carbocycles. The highest BCUT2D eigenvalue weighted by Crippen LogP contribution is 2.31. The Morgan fingerprint density at radius 3 is 2.86 bits per heavy atom. The molecule has 0 amide bonds. The van der Waals surface area contributed by atoms with Crippen LogP contribution in [0.15, 0.2) is 42.2 Å². The number of carbonyl (C=O) groups excluding carboxylic acids is 1. The van der Waals surface area contributed by atoms with Crippen LogP contribution in [0.4, 0.5) is 10.2 Å². The van der Waals surface area contributed by atoms with Gasteiger partial charge in [0.2, 0.25) is 5.78 Å². The summed E-state index contributed by atoms with van der Waals surface area (Å²) in [4.78, 5) is 21.9. The zero-order valence-electron chi connectivity index (χ0n) is 18.6. The van der Waals surface area contributed by atoms with Crippen molar-refractivity contribution in [3.63, 3.8) is 0 Å². The molecule has 1 saturated carbocycles. The Hall–Kier alpha value is -2.44. The zero-order chi connectivity index (χ0) is 25.2. The number of hydrogen-bond donors (Lipinski definition) is 2. The lowest BCUT2D eigenvalue weighted by atomic mass is 10.1. The van der Waals surface area contributed by atoms with Crippen LogP contribution in [0.2, 0.25) is 5.02 Å². The molecule has 1 fully saturated rings. The van der Waals surface area contributed by atoms with Crippen LogP contribution in [-0.4, -0.2) is 54.3 Å². The van der Waals surface area contributed by atoms with Gasteiger partial charge in [0, 0.05) is 18.2 Å². The molecule has 4 rings (SSSR count). The second-order valence-electron chi connectivity index (χ2n) is 8.49. The molecule has 8 nitrogen and oxygen atoms in total. The standard InChI is InChI=1S/C23H23ClFN3O5S2/c1-35(31,32)33-10-15-7-16(8-20(15)29)28-23-17(9-26-12-27-23)22(30)21-6-14(11-34-21)4-13-2-3-19(25)18(24)5-13/h2-3,5-6,9,11-12,15-16,20,29H,4,7-8,10H2,1H3,(H,26,27,28)/t15-,16-,20+/m1/s1. The van der Waals surface area contributed by atoms with Crippen molar-refractivity contribution in [3.05, 3.63) is 74.6 Å². The number of nitrogens with zero attached hydrogens (tertiary/aromatic N) is 2. The van der Waals surface area contributed by atoms with Crippen LogP contribution >= 0.6 is 22.9 Å². The van der Waals surface area contributed by atoms with Crippen LogP contribution in [0, 0.1) is 11.7 Å². The second-order valence-corrected chi connectivity index (χ2v) is 11.4. The van der Waals surface area contributed by atoms with E-state index < -0.39 is 22.0 Å². The normalized spacial score (nSPS) is 20.2. The van der Waals surface area contributed by atoms with Gasteiger partial charge in [-0.1, -0.05) is 17.7 Å². The molecule has 0 saturated heterocycles. The van der Waals surface area contributed by atoms with Gasteiger partial charge in [0.15, 0.2) is 0 Å². The van der Waals surface area contributed by atoms with E-state index in [1.807, 2.05) is 5.38 Å². The summed E-state index contributed by atoms with van der Waals surface area (Å²) in [5.74, 6) is -0.753. The molecule has 186 valence electrons. The summed E-state index contributed by atoms with van der Waals surface area (Å²) in [7, 11) is -3.60. The number of carbonyl (C=O) groups is 1. The molecule has 2 aromatic heterocycles. The Bertz CT molecular complexity index is 1330. The number of rotatable bonds is 9. The first kappa shape index (κ1) is 25.6. The van der Waals surface area contributed by atoms with Crippen LogP contribution in [0.25, 0.3) is 0 Å². The average molecular weight is 540 g/mol. The SMILES string of the molecule is CS(=O)(=O)OC[C@H]1C[C@@H](Nc2ncncc2C(=O)c2cc(Cc3ccc(F)c(Cl)c3)cs2)C[C@@H]1O. The van der Waals surface area contributed by atoms with Gasteiger partial charge in [0.1, 0.15) is 18.0 Å². The molecule has 0 unspecified atom stereocenters. The highest BCUT2D eigenvalue weighted by Gasteiger charge is 2.34. The molecule has 35 heavy (non-hydrogen) atoms. The number of benzene rings is 1. The lowest BCUT2D eigenvalue weighted by Crippen LogP contribution is -2.20. The van der Waals surface area contributed by atoms with Crippen LogP contribution in [0.5, 0.6) is 0 Å². The largest absolute Gasteiger partial charge is 0.393 e. The first-order valence-electron chi connectivity index (χ1n) is 10.7. The van der Waals surface area contributed by atoms with Crippen molar-refractivity contribution < 1.29 is 26.9 Å². The Balaban J connectivity index is 1.44. The summed E-state index contributed by atoms with van der Waals surface area (Å²) < 4.78 is 40.8. The third kappa shape index (κ3) is 6.62. The molecular formula is C23H23ClFN3O5S2. The molecule has 2 N–H and O–H groups in total. The number of halogens is 2. The van der Waals surface area contributed by atoms with Crippen molar-refractivity contribution in [2.24, 2.45) is 5.92 Å². The summed E-state index contributed by atoms with van der Waals surface area (Å²) in [6.07, 6.45) is 4.30. The Morgan fingerprint density at radius 2 is 2.11 bits per heavy atom. The predicted molar refractivity (Wildman–Crippen MR) is 131 cm³/mol. The summed E-state index contributed by atoms with van der Waals surface area (Å²) in [5.41, 5.74) is 2.00. The van der Waals surface area contributed by atoms with Gasteiger partial charge >= 0.3 is 0 Å². The molecule has 3 aromatic rings. The fraction of sp³-hybridized carbons (Fsp3) is 0.348. The van der Waals surface area contributed by atoms with Gasteiger partial charge in [-0.15, -0.1) is 11.3 Å². The summed E-state index contributed by atoms with van der Waals surface area (Å²) in [6, 6.07) is 6.08. The van der Waals surface area contributed by atoms with E-state index >= 15 is 0 Å². The van der Waals surface area contributed by atoms with Gasteiger partial charge in [0.05, 0.1) is 34.4 Å². The van der Waals surface area contributed by atoms with Gasteiger partial charge in [0.25, 0.3) is 10.1 Å². The number of thiophene rings is 1. The van der Waals surface area contributed by atoms with Crippen molar-refractivity contribution in [3.8, 4) is 0 Å². The summed E-state index contributed by atoms with van der Waals surface area (Å²) >= 11 is 7.15. The van der Waals surface area contributed by atoms with Crippen molar-refractivity contribution in [1.82, 2.24) is 9.97 Å². The molecule has 1 aliphatic rings. The predicted octanol–water partition coefficient (Wildman–Crippen LogP) is 3.68. The maximum atomic E-state index is 13.4. The maximum Gasteiger partial charge on any atom is 0.264 e. The molecule has 2 heterocycles. The van der Waals surface area contributed by atoms with E-state index in [-0.39, 0.29) is 34.9 Å². The molecule has 0 spiro atoms. The Kier molecular flexibility index (Phi) is 7.82. The van der Waals surface area contributed by atoms with E-state index in [2.05, 4.69) is 15.3 Å². The number of hydrogen-bond acceptors (Lipinski definition) is 9. The smallest absolute Gasteiger partial charge is 0.264 e. The van der Waals surface area contributed by atoms with Crippen molar-refractivity contribution in [2.75, 3.05) is 18.2 Å². The molecule has 3 atom stereocenters. The van der Waals surface area contributed by atoms with Crippen LogP contribution in [0.1, 0.15) is 39.2 Å². The number of aromatic nitrogens is 2. The van der Waals surface area contributed by atoms with Crippen LogP contribution in [-0.2, 0) is 20.7 Å². The van der Waals surface area contributed by atoms with E-state index in [0.29, 0.717) is 30.0 Å². The first-order valence-corrected chi connectivity index (χ1v) is 13.8. The Labute approximate surface area is 211 Å². The second kappa shape index (κ2) is 10.7. The lowest BCUT2D eigenvalue weighted by Gasteiger charge is -2.15. The lowest BCUT2D eigenvalue weighted by molar-refractivity contribution is 0.101. The van der Waals surface area contributed by atoms with E-state index in [9.17, 15) is 22.7 Å². The molecular weight excluding hydrogens is 517 g/mol. The van der Waals surface area contributed by atoms with E-state index in [1.165, 1.54) is 29.9 Å².